The van der Waals surface area contributed by atoms with Gasteiger partial charge in [0.05, 0.1) is 6.54 Å². The first kappa shape index (κ1) is 14.0. The smallest absolute Gasteiger partial charge is 0.215 e. The normalized spacial score (nSPS) is 9.80. The molecule has 0 aliphatic rings. The molecule has 0 bridgehead atoms. The first-order valence-corrected chi connectivity index (χ1v) is 6.85. The third kappa shape index (κ3) is 3.52. The lowest BCUT2D eigenvalue weighted by Gasteiger charge is -2.18. The minimum Gasteiger partial charge on any atom is -0.369 e. The van der Waals surface area contributed by atoms with E-state index in [2.05, 4.69) is 13.1 Å². The minimum atomic E-state index is 0.607. The monoisotopic (exact) mass is 266 g/mol. The van der Waals surface area contributed by atoms with Gasteiger partial charge in [-0.25, -0.2) is 0 Å². The molecule has 0 saturated carbocycles. The van der Waals surface area contributed by atoms with Crippen LogP contribution in [0.3, 0.4) is 0 Å². The second-order valence-electron chi connectivity index (χ2n) is 4.51. The average Bonchev–Trinajstić information content (AvgIpc) is 2.52. The topological polar surface area (TPSA) is 36.3 Å². The Morgan fingerprint density at radius 3 is 2.45 bits per heavy atom. The maximum absolute atomic E-state index is 9.13. The number of unbranched alkanes of at least 4 members (excludes halogenated alkanes) is 1. The summed E-state index contributed by atoms with van der Waals surface area (Å²) in [6.07, 6.45) is 4.04. The zero-order valence-electron chi connectivity index (χ0n) is 11.6. The molecule has 0 unspecified atom stereocenters. The highest BCUT2D eigenvalue weighted by molar-refractivity contribution is 5.70. The van der Waals surface area contributed by atoms with Gasteiger partial charge in [0.1, 0.15) is 0 Å². The Morgan fingerprint density at radius 1 is 1.05 bits per heavy atom. The van der Waals surface area contributed by atoms with E-state index in [1.807, 2.05) is 54.6 Å². The van der Waals surface area contributed by atoms with Crippen molar-refractivity contribution in [2.75, 3.05) is 6.54 Å². The molecular formula is C17H18N2O. The highest BCUT2D eigenvalue weighted by Crippen LogP contribution is 2.29. The molecule has 2 aromatic carbocycles. The van der Waals surface area contributed by atoms with E-state index < -0.39 is 0 Å². The molecule has 0 saturated heterocycles. The van der Waals surface area contributed by atoms with Crippen LogP contribution in [0.5, 0.6) is 5.75 Å². The van der Waals surface area contributed by atoms with E-state index in [-0.39, 0.29) is 0 Å². The van der Waals surface area contributed by atoms with Crippen molar-refractivity contribution in [2.45, 2.75) is 19.8 Å². The number of hydrogen-bond donors (Lipinski definition) is 0. The zero-order valence-corrected chi connectivity index (χ0v) is 11.6. The van der Waals surface area contributed by atoms with Crippen LogP contribution in [0.2, 0.25) is 0 Å². The van der Waals surface area contributed by atoms with Crippen molar-refractivity contribution in [2.24, 2.45) is 0 Å². The van der Waals surface area contributed by atoms with Crippen molar-refractivity contribution in [1.82, 2.24) is 5.06 Å². The van der Waals surface area contributed by atoms with Crippen molar-refractivity contribution in [1.29, 1.82) is 5.26 Å². The van der Waals surface area contributed by atoms with Gasteiger partial charge in [-0.3, -0.25) is 0 Å². The van der Waals surface area contributed by atoms with E-state index in [1.54, 1.807) is 0 Å². The van der Waals surface area contributed by atoms with Crippen molar-refractivity contribution in [3.05, 3.63) is 54.6 Å². The second kappa shape index (κ2) is 7.20. The highest BCUT2D eigenvalue weighted by Gasteiger charge is 2.09. The van der Waals surface area contributed by atoms with Gasteiger partial charge in [0, 0.05) is 5.56 Å². The van der Waals surface area contributed by atoms with Gasteiger partial charge in [0.15, 0.2) is 5.75 Å². The maximum Gasteiger partial charge on any atom is 0.215 e. The van der Waals surface area contributed by atoms with Crippen LogP contribution in [0.15, 0.2) is 54.6 Å². The van der Waals surface area contributed by atoms with Crippen LogP contribution in [0, 0.1) is 11.5 Å². The van der Waals surface area contributed by atoms with Crippen LogP contribution < -0.4 is 4.84 Å². The summed E-state index contributed by atoms with van der Waals surface area (Å²) in [7, 11) is 0. The third-order valence-corrected chi connectivity index (χ3v) is 3.01. The van der Waals surface area contributed by atoms with Crippen LogP contribution in [0.4, 0.5) is 0 Å². The summed E-state index contributed by atoms with van der Waals surface area (Å²) >= 11 is 0. The van der Waals surface area contributed by atoms with E-state index in [0.717, 1.165) is 24.0 Å². The summed E-state index contributed by atoms with van der Waals surface area (Å²) in [6.45, 7) is 2.70. The lowest BCUT2D eigenvalue weighted by Crippen LogP contribution is -2.23. The Balaban J connectivity index is 2.22. The van der Waals surface area contributed by atoms with Crippen molar-refractivity contribution in [3.63, 3.8) is 0 Å². The largest absolute Gasteiger partial charge is 0.369 e. The van der Waals surface area contributed by atoms with E-state index in [1.165, 1.54) is 5.06 Å². The molecule has 0 aliphatic carbocycles. The number of nitriles is 1. The molecule has 0 heterocycles. The summed E-state index contributed by atoms with van der Waals surface area (Å²) in [5, 5.41) is 10.5. The van der Waals surface area contributed by atoms with Gasteiger partial charge in [-0.1, -0.05) is 61.9 Å². The Kier molecular flexibility index (Phi) is 5.02. The maximum atomic E-state index is 9.13. The molecule has 0 fully saturated rings. The number of rotatable bonds is 6. The standard InChI is InChI=1S/C17H18N2O/c1-2-3-13-19(14-18)20-17-12-8-7-11-16(17)15-9-5-4-6-10-15/h4-12H,2-3,13H2,1H3. The van der Waals surface area contributed by atoms with Gasteiger partial charge < -0.3 is 4.84 Å². The Labute approximate surface area is 120 Å². The van der Waals surface area contributed by atoms with Gasteiger partial charge in [0.25, 0.3) is 0 Å². The van der Waals surface area contributed by atoms with Crippen molar-refractivity contribution < 1.29 is 4.84 Å². The molecule has 0 amide bonds. The van der Waals surface area contributed by atoms with Gasteiger partial charge in [-0.2, -0.15) is 5.26 Å². The van der Waals surface area contributed by atoms with E-state index in [4.69, 9.17) is 10.1 Å². The van der Waals surface area contributed by atoms with Crippen LogP contribution in [0.25, 0.3) is 11.1 Å². The van der Waals surface area contributed by atoms with E-state index in [0.29, 0.717) is 12.3 Å². The van der Waals surface area contributed by atoms with E-state index >= 15 is 0 Å². The molecule has 3 heteroatoms. The Morgan fingerprint density at radius 2 is 1.75 bits per heavy atom. The number of hydroxylamine groups is 2. The number of para-hydroxylation sites is 1. The predicted molar refractivity (Wildman–Crippen MR) is 79.7 cm³/mol. The first-order valence-electron chi connectivity index (χ1n) is 6.85. The molecule has 0 radical (unpaired) electrons. The van der Waals surface area contributed by atoms with Gasteiger partial charge in [-0.15, -0.1) is 5.06 Å². The van der Waals surface area contributed by atoms with Crippen molar-refractivity contribution >= 4 is 0 Å². The van der Waals surface area contributed by atoms with E-state index in [9.17, 15) is 0 Å². The number of hydrogen-bond acceptors (Lipinski definition) is 3. The summed E-state index contributed by atoms with van der Waals surface area (Å²) in [4.78, 5) is 5.72. The molecule has 102 valence electrons. The fraction of sp³-hybridized carbons (Fsp3) is 0.235. The SMILES string of the molecule is CCCCN(C#N)Oc1ccccc1-c1ccccc1. The summed E-state index contributed by atoms with van der Waals surface area (Å²) < 4.78 is 0. The molecule has 0 spiro atoms. The minimum absolute atomic E-state index is 0.607. The second-order valence-corrected chi connectivity index (χ2v) is 4.51. The van der Waals surface area contributed by atoms with Crippen LogP contribution in [0.1, 0.15) is 19.8 Å². The summed E-state index contributed by atoms with van der Waals surface area (Å²) in [6, 6.07) is 17.8. The molecule has 20 heavy (non-hydrogen) atoms. The van der Waals surface area contributed by atoms with Crippen molar-refractivity contribution in [3.8, 4) is 23.1 Å². The van der Waals surface area contributed by atoms with Gasteiger partial charge in [-0.05, 0) is 18.1 Å². The summed E-state index contributed by atoms with van der Waals surface area (Å²) in [5.74, 6) is 0.705. The number of benzene rings is 2. The average molecular weight is 266 g/mol. The molecule has 2 aromatic rings. The van der Waals surface area contributed by atoms with Crippen LogP contribution >= 0.6 is 0 Å². The quantitative estimate of drug-likeness (QED) is 0.446. The van der Waals surface area contributed by atoms with Gasteiger partial charge >= 0.3 is 0 Å². The zero-order chi connectivity index (χ0) is 14.2. The predicted octanol–water partition coefficient (Wildman–Crippen LogP) is 4.23. The number of nitrogens with zero attached hydrogens (tertiary/aromatic N) is 2. The van der Waals surface area contributed by atoms with Crippen LogP contribution in [-0.4, -0.2) is 11.6 Å². The summed E-state index contributed by atoms with van der Waals surface area (Å²) in [5.41, 5.74) is 2.07. The molecular weight excluding hydrogens is 248 g/mol. The Hall–Kier alpha value is -2.47. The third-order valence-electron chi connectivity index (χ3n) is 3.01. The molecule has 0 aliphatic heterocycles. The van der Waals surface area contributed by atoms with Crippen LogP contribution in [-0.2, 0) is 0 Å². The molecule has 0 atom stereocenters. The molecule has 0 N–H and O–H groups in total. The Bertz CT molecular complexity index is 575. The fourth-order valence-electron chi connectivity index (χ4n) is 1.94. The molecule has 2 rings (SSSR count). The lowest BCUT2D eigenvalue weighted by atomic mass is 10.1. The lowest BCUT2D eigenvalue weighted by molar-refractivity contribution is 0.00237. The first-order chi connectivity index (χ1) is 9.85. The molecule has 3 nitrogen and oxygen atoms in total. The molecule has 0 aromatic heterocycles. The fourth-order valence-corrected chi connectivity index (χ4v) is 1.94. The van der Waals surface area contributed by atoms with Gasteiger partial charge in [0.2, 0.25) is 6.19 Å². The highest BCUT2D eigenvalue weighted by atomic mass is 16.7.